The SMILES string of the molecule is C#CC(OC(=O)OCC)c1ccccc1OC(=O)OCC. The van der Waals surface area contributed by atoms with Gasteiger partial charge in [-0.2, -0.15) is 0 Å². The van der Waals surface area contributed by atoms with Crippen LogP contribution in [0, 0.1) is 12.3 Å². The molecule has 6 heteroatoms. The summed E-state index contributed by atoms with van der Waals surface area (Å²) < 4.78 is 19.4. The van der Waals surface area contributed by atoms with E-state index in [9.17, 15) is 9.59 Å². The fourth-order valence-electron chi connectivity index (χ4n) is 1.46. The van der Waals surface area contributed by atoms with Gasteiger partial charge in [-0.15, -0.1) is 6.42 Å². The maximum atomic E-state index is 11.4. The normalized spacial score (nSPS) is 10.9. The van der Waals surface area contributed by atoms with Crippen LogP contribution in [0.25, 0.3) is 0 Å². The molecule has 0 saturated carbocycles. The van der Waals surface area contributed by atoms with Crippen LogP contribution in [0.5, 0.6) is 5.75 Å². The van der Waals surface area contributed by atoms with Gasteiger partial charge >= 0.3 is 12.3 Å². The van der Waals surface area contributed by atoms with Crippen LogP contribution >= 0.6 is 0 Å². The summed E-state index contributed by atoms with van der Waals surface area (Å²) in [7, 11) is 0. The van der Waals surface area contributed by atoms with Crippen molar-refractivity contribution in [3.63, 3.8) is 0 Å². The molecule has 1 rings (SSSR count). The van der Waals surface area contributed by atoms with Crippen molar-refractivity contribution in [2.75, 3.05) is 13.2 Å². The van der Waals surface area contributed by atoms with E-state index in [0.29, 0.717) is 5.56 Å². The molecule has 0 saturated heterocycles. The number of hydrogen-bond acceptors (Lipinski definition) is 6. The number of hydrogen-bond donors (Lipinski definition) is 0. The molecular weight excluding hydrogens is 276 g/mol. The van der Waals surface area contributed by atoms with E-state index in [2.05, 4.69) is 15.4 Å². The molecule has 0 bridgehead atoms. The predicted molar refractivity (Wildman–Crippen MR) is 73.8 cm³/mol. The highest BCUT2D eigenvalue weighted by Gasteiger charge is 2.20. The lowest BCUT2D eigenvalue weighted by molar-refractivity contribution is 0.0419. The standard InChI is InChI=1S/C15H16O6/c1-4-12(20-14(16)18-5-2)11-9-7-8-10-13(11)21-15(17)19-6-3/h1,7-10,12H,5-6H2,2-3H3. The Hall–Kier alpha value is -2.68. The number of para-hydroxylation sites is 1. The zero-order chi connectivity index (χ0) is 15.7. The molecule has 1 aromatic rings. The number of terminal acetylenes is 1. The predicted octanol–water partition coefficient (Wildman–Crippen LogP) is 3.07. The first kappa shape index (κ1) is 16.4. The van der Waals surface area contributed by atoms with Crippen LogP contribution in [-0.4, -0.2) is 25.5 Å². The summed E-state index contributed by atoms with van der Waals surface area (Å²) >= 11 is 0. The molecule has 0 aromatic heterocycles. The molecule has 1 aromatic carbocycles. The Bertz CT molecular complexity index is 531. The van der Waals surface area contributed by atoms with E-state index in [4.69, 9.17) is 15.9 Å². The van der Waals surface area contributed by atoms with Crippen LogP contribution in [0.15, 0.2) is 24.3 Å². The molecule has 6 nitrogen and oxygen atoms in total. The van der Waals surface area contributed by atoms with Crippen LogP contribution in [-0.2, 0) is 14.2 Å². The van der Waals surface area contributed by atoms with Gasteiger partial charge in [-0.05, 0) is 19.9 Å². The third-order valence-corrected chi connectivity index (χ3v) is 2.28. The summed E-state index contributed by atoms with van der Waals surface area (Å²) in [5, 5.41) is 0. The van der Waals surface area contributed by atoms with Gasteiger partial charge < -0.3 is 18.9 Å². The monoisotopic (exact) mass is 292 g/mol. The molecule has 0 aliphatic heterocycles. The van der Waals surface area contributed by atoms with Gasteiger partial charge in [0, 0.05) is 5.56 Å². The molecule has 0 aliphatic rings. The van der Waals surface area contributed by atoms with E-state index in [1.165, 1.54) is 6.07 Å². The fraction of sp³-hybridized carbons (Fsp3) is 0.333. The van der Waals surface area contributed by atoms with E-state index in [1.807, 2.05) is 0 Å². The minimum absolute atomic E-state index is 0.156. The minimum Gasteiger partial charge on any atom is -0.435 e. The lowest BCUT2D eigenvalue weighted by atomic mass is 10.1. The van der Waals surface area contributed by atoms with Gasteiger partial charge in [0.15, 0.2) is 6.10 Å². The van der Waals surface area contributed by atoms with Gasteiger partial charge in [-0.25, -0.2) is 9.59 Å². The molecule has 0 spiro atoms. The average molecular weight is 292 g/mol. The first-order valence-electron chi connectivity index (χ1n) is 6.35. The molecule has 21 heavy (non-hydrogen) atoms. The van der Waals surface area contributed by atoms with E-state index >= 15 is 0 Å². The van der Waals surface area contributed by atoms with E-state index < -0.39 is 18.4 Å². The summed E-state index contributed by atoms with van der Waals surface area (Å²) in [4.78, 5) is 22.7. The van der Waals surface area contributed by atoms with Crippen molar-refractivity contribution < 1.29 is 28.5 Å². The molecule has 112 valence electrons. The largest absolute Gasteiger partial charge is 0.513 e. The number of benzene rings is 1. The molecule has 0 heterocycles. The van der Waals surface area contributed by atoms with Crippen LogP contribution in [0.2, 0.25) is 0 Å². The van der Waals surface area contributed by atoms with Gasteiger partial charge in [0.1, 0.15) is 5.75 Å². The number of ether oxygens (including phenoxy) is 4. The van der Waals surface area contributed by atoms with Gasteiger partial charge in [-0.3, -0.25) is 0 Å². The summed E-state index contributed by atoms with van der Waals surface area (Å²) in [6.07, 6.45) is 2.56. The number of carbonyl (C=O) groups is 2. The lowest BCUT2D eigenvalue weighted by Crippen LogP contribution is -2.15. The van der Waals surface area contributed by atoms with Crippen LogP contribution < -0.4 is 4.74 Å². The van der Waals surface area contributed by atoms with Crippen molar-refractivity contribution in [1.29, 1.82) is 0 Å². The first-order valence-corrected chi connectivity index (χ1v) is 6.35. The second kappa shape index (κ2) is 8.48. The highest BCUT2D eigenvalue weighted by Crippen LogP contribution is 2.28. The Morgan fingerprint density at radius 2 is 1.76 bits per heavy atom. The Morgan fingerprint density at radius 3 is 2.38 bits per heavy atom. The molecule has 1 atom stereocenters. The van der Waals surface area contributed by atoms with Crippen LogP contribution in [0.1, 0.15) is 25.5 Å². The molecule has 1 unspecified atom stereocenters. The highest BCUT2D eigenvalue weighted by molar-refractivity contribution is 5.65. The van der Waals surface area contributed by atoms with E-state index in [1.54, 1.807) is 32.0 Å². The summed E-state index contributed by atoms with van der Waals surface area (Å²) in [6.45, 7) is 3.64. The maximum absolute atomic E-state index is 11.4. The zero-order valence-corrected chi connectivity index (χ0v) is 11.8. The fourth-order valence-corrected chi connectivity index (χ4v) is 1.46. The maximum Gasteiger partial charge on any atom is 0.513 e. The van der Waals surface area contributed by atoms with E-state index in [-0.39, 0.29) is 19.0 Å². The van der Waals surface area contributed by atoms with Crippen molar-refractivity contribution >= 4 is 12.3 Å². The Balaban J connectivity index is 2.91. The van der Waals surface area contributed by atoms with Crippen molar-refractivity contribution in [2.45, 2.75) is 20.0 Å². The summed E-state index contributed by atoms with van der Waals surface area (Å²) in [5.41, 5.74) is 0.348. The summed E-state index contributed by atoms with van der Waals surface area (Å²) in [5.74, 6) is 2.45. The zero-order valence-electron chi connectivity index (χ0n) is 11.8. The molecule has 0 aliphatic carbocycles. The summed E-state index contributed by atoms with van der Waals surface area (Å²) in [6, 6.07) is 6.42. The number of rotatable bonds is 5. The van der Waals surface area contributed by atoms with Crippen molar-refractivity contribution in [2.24, 2.45) is 0 Å². The molecule has 0 N–H and O–H groups in total. The quantitative estimate of drug-likeness (QED) is 0.472. The molecular formula is C15H16O6. The Labute approximate surface area is 122 Å². The lowest BCUT2D eigenvalue weighted by Gasteiger charge is -2.15. The van der Waals surface area contributed by atoms with E-state index in [0.717, 1.165) is 0 Å². The van der Waals surface area contributed by atoms with Gasteiger partial charge in [-0.1, -0.05) is 24.1 Å². The third kappa shape index (κ3) is 5.07. The van der Waals surface area contributed by atoms with Crippen LogP contribution in [0.3, 0.4) is 0 Å². The van der Waals surface area contributed by atoms with Crippen molar-refractivity contribution in [3.05, 3.63) is 29.8 Å². The Morgan fingerprint density at radius 1 is 1.14 bits per heavy atom. The van der Waals surface area contributed by atoms with Crippen molar-refractivity contribution in [3.8, 4) is 18.1 Å². The second-order valence-electron chi connectivity index (χ2n) is 3.67. The highest BCUT2D eigenvalue weighted by atomic mass is 16.7. The minimum atomic E-state index is -1.03. The smallest absolute Gasteiger partial charge is 0.435 e. The number of carbonyl (C=O) groups excluding carboxylic acids is 2. The Kier molecular flexibility index (Phi) is 6.61. The average Bonchev–Trinajstić information content (AvgIpc) is 2.46. The van der Waals surface area contributed by atoms with Gasteiger partial charge in [0.25, 0.3) is 0 Å². The topological polar surface area (TPSA) is 71.1 Å². The third-order valence-electron chi connectivity index (χ3n) is 2.28. The molecule has 0 radical (unpaired) electrons. The molecule has 0 fully saturated rings. The van der Waals surface area contributed by atoms with Crippen molar-refractivity contribution in [1.82, 2.24) is 0 Å². The first-order chi connectivity index (χ1) is 10.1. The van der Waals surface area contributed by atoms with Crippen LogP contribution in [0.4, 0.5) is 9.59 Å². The van der Waals surface area contributed by atoms with Gasteiger partial charge in [0.2, 0.25) is 0 Å². The van der Waals surface area contributed by atoms with Gasteiger partial charge in [0.05, 0.1) is 13.2 Å². The molecule has 0 amide bonds. The second-order valence-corrected chi connectivity index (χ2v) is 3.67.